The van der Waals surface area contributed by atoms with Gasteiger partial charge in [0.15, 0.2) is 0 Å². The number of aromatic nitrogens is 2. The van der Waals surface area contributed by atoms with E-state index in [1.54, 1.807) is 18.2 Å². The van der Waals surface area contributed by atoms with E-state index in [4.69, 9.17) is 4.74 Å². The van der Waals surface area contributed by atoms with Crippen LogP contribution in [0.2, 0.25) is 0 Å². The van der Waals surface area contributed by atoms with E-state index in [0.29, 0.717) is 42.3 Å². The molecule has 1 aliphatic carbocycles. The Kier molecular flexibility index (Phi) is 4.92. The average molecular weight is 359 g/mol. The summed E-state index contributed by atoms with van der Waals surface area (Å²) in [6.07, 6.45) is 2.26. The molecular formula is C18H21N3O5. The minimum absolute atomic E-state index is 0.183. The van der Waals surface area contributed by atoms with Crippen molar-refractivity contribution < 1.29 is 14.3 Å². The quantitative estimate of drug-likeness (QED) is 0.808. The number of anilines is 1. The Balaban J connectivity index is 1.96. The lowest BCUT2D eigenvalue weighted by atomic mass is 9.86. The number of carbonyl (C=O) groups excluding carboxylic acids is 2. The Morgan fingerprint density at radius 1 is 1.19 bits per heavy atom. The smallest absolute Gasteiger partial charge is 0.329 e. The van der Waals surface area contributed by atoms with E-state index in [2.05, 4.69) is 10.3 Å². The molecule has 8 heteroatoms. The van der Waals surface area contributed by atoms with Crippen molar-refractivity contribution >= 4 is 28.5 Å². The van der Waals surface area contributed by atoms with Gasteiger partial charge in [-0.25, -0.2) is 4.79 Å². The molecule has 26 heavy (non-hydrogen) atoms. The molecule has 1 aromatic carbocycles. The fourth-order valence-corrected chi connectivity index (χ4v) is 3.58. The highest BCUT2D eigenvalue weighted by Crippen LogP contribution is 2.31. The van der Waals surface area contributed by atoms with E-state index >= 15 is 0 Å². The van der Waals surface area contributed by atoms with Crippen molar-refractivity contribution in [3.63, 3.8) is 0 Å². The Bertz CT molecular complexity index is 967. The molecule has 1 amide bonds. The number of fused-ring (bicyclic) bond motifs is 1. The highest BCUT2D eigenvalue weighted by atomic mass is 16.5. The van der Waals surface area contributed by atoms with Gasteiger partial charge in [0.25, 0.3) is 5.56 Å². The number of methoxy groups -OCH3 is 1. The first kappa shape index (κ1) is 17.9. The molecule has 3 rings (SSSR count). The Morgan fingerprint density at radius 2 is 1.88 bits per heavy atom. The van der Waals surface area contributed by atoms with Crippen molar-refractivity contribution in [2.45, 2.75) is 38.6 Å². The van der Waals surface area contributed by atoms with Gasteiger partial charge in [-0.1, -0.05) is 0 Å². The first-order valence-corrected chi connectivity index (χ1v) is 8.54. The second-order valence-corrected chi connectivity index (χ2v) is 6.58. The van der Waals surface area contributed by atoms with Gasteiger partial charge in [-0.15, -0.1) is 0 Å². The standard InChI is InChI=1S/C18H21N3O5/c1-10(22)19-12-5-8-15-14(9-12)16(23)21(18(25)20-15)13-6-3-11(4-7-13)17(24)26-2/h5,8-9,11,13H,3-4,6-7H2,1-2H3,(H,19,22)(H,20,25). The molecular weight excluding hydrogens is 338 g/mol. The van der Waals surface area contributed by atoms with Gasteiger partial charge < -0.3 is 15.0 Å². The second-order valence-electron chi connectivity index (χ2n) is 6.58. The molecule has 0 atom stereocenters. The maximum absolute atomic E-state index is 12.9. The van der Waals surface area contributed by atoms with Gasteiger partial charge in [-0.2, -0.15) is 0 Å². The van der Waals surface area contributed by atoms with Crippen molar-refractivity contribution in [1.29, 1.82) is 0 Å². The van der Waals surface area contributed by atoms with Crippen LogP contribution in [0.1, 0.15) is 38.6 Å². The Hall–Kier alpha value is -2.90. The van der Waals surface area contributed by atoms with Crippen LogP contribution in [0.3, 0.4) is 0 Å². The van der Waals surface area contributed by atoms with Crippen molar-refractivity contribution in [3.05, 3.63) is 39.0 Å². The fourth-order valence-electron chi connectivity index (χ4n) is 3.58. The summed E-state index contributed by atoms with van der Waals surface area (Å²) < 4.78 is 6.00. The molecule has 2 N–H and O–H groups in total. The van der Waals surface area contributed by atoms with E-state index in [9.17, 15) is 19.2 Å². The second kappa shape index (κ2) is 7.15. The van der Waals surface area contributed by atoms with Crippen LogP contribution in [0.4, 0.5) is 5.69 Å². The van der Waals surface area contributed by atoms with Crippen LogP contribution in [0.5, 0.6) is 0 Å². The topological polar surface area (TPSA) is 110 Å². The molecule has 0 bridgehead atoms. The largest absolute Gasteiger partial charge is 0.469 e. The lowest BCUT2D eigenvalue weighted by molar-refractivity contribution is -0.146. The summed E-state index contributed by atoms with van der Waals surface area (Å²) >= 11 is 0. The number of nitrogens with zero attached hydrogens (tertiary/aromatic N) is 1. The van der Waals surface area contributed by atoms with Crippen LogP contribution in [0, 0.1) is 5.92 Å². The van der Waals surface area contributed by atoms with Crippen LogP contribution in [0.15, 0.2) is 27.8 Å². The number of carbonyl (C=O) groups is 2. The molecule has 0 radical (unpaired) electrons. The molecule has 0 aliphatic heterocycles. The Morgan fingerprint density at radius 3 is 2.50 bits per heavy atom. The van der Waals surface area contributed by atoms with Crippen LogP contribution in [-0.4, -0.2) is 28.5 Å². The maximum Gasteiger partial charge on any atom is 0.329 e. The van der Waals surface area contributed by atoms with Gasteiger partial charge in [0.05, 0.1) is 23.9 Å². The lowest BCUT2D eigenvalue weighted by Crippen LogP contribution is -2.40. The summed E-state index contributed by atoms with van der Waals surface area (Å²) in [5.41, 5.74) is 0.0671. The molecule has 2 aromatic rings. The fraction of sp³-hybridized carbons (Fsp3) is 0.444. The van der Waals surface area contributed by atoms with Crippen LogP contribution in [-0.2, 0) is 14.3 Å². The van der Waals surface area contributed by atoms with Crippen molar-refractivity contribution in [2.24, 2.45) is 5.92 Å². The zero-order valence-corrected chi connectivity index (χ0v) is 14.7. The summed E-state index contributed by atoms with van der Waals surface area (Å²) in [6.45, 7) is 1.38. The Labute approximate surface area is 149 Å². The third kappa shape index (κ3) is 3.40. The first-order chi connectivity index (χ1) is 12.4. The zero-order chi connectivity index (χ0) is 18.8. The number of amides is 1. The normalized spacial score (nSPS) is 19.9. The minimum Gasteiger partial charge on any atom is -0.469 e. The molecule has 1 fully saturated rings. The SMILES string of the molecule is COC(=O)C1CCC(n2c(=O)[nH]c3ccc(NC(C)=O)cc3c2=O)CC1. The molecule has 0 saturated heterocycles. The summed E-state index contributed by atoms with van der Waals surface area (Å²) in [5.74, 6) is -0.670. The van der Waals surface area contributed by atoms with Gasteiger partial charge in [-0.05, 0) is 43.9 Å². The summed E-state index contributed by atoms with van der Waals surface area (Å²) in [6, 6.07) is 4.53. The number of aromatic amines is 1. The number of esters is 1. The third-order valence-corrected chi connectivity index (χ3v) is 4.85. The third-order valence-electron chi connectivity index (χ3n) is 4.85. The highest BCUT2D eigenvalue weighted by molar-refractivity contribution is 5.91. The van der Waals surface area contributed by atoms with Crippen molar-refractivity contribution in [1.82, 2.24) is 9.55 Å². The van der Waals surface area contributed by atoms with Gasteiger partial charge in [0, 0.05) is 18.7 Å². The predicted molar refractivity (Wildman–Crippen MR) is 96.1 cm³/mol. The summed E-state index contributed by atoms with van der Waals surface area (Å²) in [4.78, 5) is 50.9. The number of hydrogen-bond acceptors (Lipinski definition) is 5. The number of benzene rings is 1. The number of hydrogen-bond donors (Lipinski definition) is 2. The molecule has 1 aromatic heterocycles. The summed E-state index contributed by atoms with van der Waals surface area (Å²) in [5, 5.41) is 2.97. The van der Waals surface area contributed by atoms with Gasteiger partial charge in [0.2, 0.25) is 5.91 Å². The van der Waals surface area contributed by atoms with Gasteiger partial charge in [0.1, 0.15) is 0 Å². The average Bonchev–Trinajstić information content (AvgIpc) is 2.62. The van der Waals surface area contributed by atoms with Gasteiger partial charge in [-0.3, -0.25) is 19.0 Å². The molecule has 1 saturated carbocycles. The predicted octanol–water partition coefficient (Wildman–Crippen LogP) is 1.55. The van der Waals surface area contributed by atoms with E-state index in [0.717, 1.165) is 0 Å². The van der Waals surface area contributed by atoms with Crippen molar-refractivity contribution in [2.75, 3.05) is 12.4 Å². The van der Waals surface area contributed by atoms with Crippen molar-refractivity contribution in [3.8, 4) is 0 Å². The van der Waals surface area contributed by atoms with E-state index in [-0.39, 0.29) is 23.8 Å². The van der Waals surface area contributed by atoms with Crippen LogP contribution < -0.4 is 16.6 Å². The first-order valence-electron chi connectivity index (χ1n) is 8.54. The maximum atomic E-state index is 12.9. The lowest BCUT2D eigenvalue weighted by Gasteiger charge is -2.27. The number of H-pyrrole nitrogens is 1. The molecule has 0 unspecified atom stereocenters. The highest BCUT2D eigenvalue weighted by Gasteiger charge is 2.29. The molecule has 1 aliphatic rings. The zero-order valence-electron chi connectivity index (χ0n) is 14.7. The molecule has 0 spiro atoms. The van der Waals surface area contributed by atoms with E-state index < -0.39 is 11.2 Å². The van der Waals surface area contributed by atoms with Gasteiger partial charge >= 0.3 is 11.7 Å². The number of rotatable bonds is 3. The summed E-state index contributed by atoms with van der Waals surface area (Å²) in [7, 11) is 1.36. The molecule has 138 valence electrons. The van der Waals surface area contributed by atoms with Crippen LogP contribution in [0.25, 0.3) is 10.9 Å². The van der Waals surface area contributed by atoms with E-state index in [1.165, 1.54) is 18.6 Å². The molecule has 8 nitrogen and oxygen atoms in total. The number of nitrogens with one attached hydrogen (secondary N) is 2. The number of ether oxygens (including phenoxy) is 1. The molecule has 1 heterocycles. The van der Waals surface area contributed by atoms with E-state index in [1.807, 2.05) is 0 Å². The van der Waals surface area contributed by atoms with Crippen LogP contribution >= 0.6 is 0 Å². The monoisotopic (exact) mass is 359 g/mol. The minimum atomic E-state index is -0.462.